The third-order valence-corrected chi connectivity index (χ3v) is 6.82. The van der Waals surface area contributed by atoms with Gasteiger partial charge in [0.2, 0.25) is 11.8 Å². The smallest absolute Gasteiger partial charge is 0.319 e. The van der Waals surface area contributed by atoms with Crippen LogP contribution >= 0.6 is 0 Å². The zero-order valence-electron chi connectivity index (χ0n) is 23.1. The molecule has 1 atom stereocenters. The number of carboxylic acid groups (broad SMARTS) is 1. The Balaban J connectivity index is 1.11. The standard InChI is InChI=1S/C33H34N4O5/c38-30(15-6-7-20-34-33(42)37-29-14-8-12-25-11-4-5-13-27(25)29)36-22-31(39)35-21-28(32(40)41)26-18-16-24(17-19-26)23-9-2-1-3-10-23/h1-5,8-14,16-19,28H,6-7,15,20-22H2,(H,35,39)(H,36,38)(H,40,41)(H2,34,37,42). The van der Waals surface area contributed by atoms with Crippen molar-refractivity contribution in [2.24, 2.45) is 0 Å². The molecule has 0 radical (unpaired) electrons. The van der Waals surface area contributed by atoms with E-state index in [2.05, 4.69) is 21.3 Å². The Morgan fingerprint density at radius 3 is 2.12 bits per heavy atom. The van der Waals surface area contributed by atoms with E-state index in [1.54, 1.807) is 12.1 Å². The number of carboxylic acids is 1. The number of hydrogen-bond donors (Lipinski definition) is 5. The Kier molecular flexibility index (Phi) is 10.6. The molecular formula is C33H34N4O5. The number of aliphatic carboxylic acids is 1. The molecule has 5 N–H and O–H groups in total. The van der Waals surface area contributed by atoms with E-state index in [4.69, 9.17) is 0 Å². The lowest BCUT2D eigenvalue weighted by atomic mass is 9.96. The molecular weight excluding hydrogens is 532 g/mol. The number of carbonyl (C=O) groups is 4. The molecule has 0 saturated heterocycles. The zero-order valence-corrected chi connectivity index (χ0v) is 23.1. The second-order valence-corrected chi connectivity index (χ2v) is 9.82. The van der Waals surface area contributed by atoms with Crippen LogP contribution in [0, 0.1) is 0 Å². The van der Waals surface area contributed by atoms with Gasteiger partial charge in [0, 0.05) is 24.9 Å². The molecule has 0 spiro atoms. The van der Waals surface area contributed by atoms with Crippen LogP contribution in [-0.4, -0.2) is 48.6 Å². The lowest BCUT2D eigenvalue weighted by Crippen LogP contribution is -2.39. The summed E-state index contributed by atoms with van der Waals surface area (Å²) in [5.41, 5.74) is 3.29. The van der Waals surface area contributed by atoms with Crippen molar-refractivity contribution >= 4 is 40.3 Å². The molecule has 216 valence electrons. The van der Waals surface area contributed by atoms with Gasteiger partial charge in [0.25, 0.3) is 0 Å². The van der Waals surface area contributed by atoms with Crippen molar-refractivity contribution in [1.29, 1.82) is 0 Å². The van der Waals surface area contributed by atoms with Gasteiger partial charge in [-0.05, 0) is 41.0 Å². The van der Waals surface area contributed by atoms with E-state index in [0.717, 1.165) is 27.6 Å². The molecule has 4 aromatic rings. The number of anilines is 1. The van der Waals surface area contributed by atoms with Crippen LogP contribution in [0.2, 0.25) is 0 Å². The van der Waals surface area contributed by atoms with Gasteiger partial charge in [-0.25, -0.2) is 4.79 Å². The van der Waals surface area contributed by atoms with Gasteiger partial charge >= 0.3 is 12.0 Å². The van der Waals surface area contributed by atoms with Gasteiger partial charge in [-0.15, -0.1) is 0 Å². The molecule has 0 aliphatic carbocycles. The summed E-state index contributed by atoms with van der Waals surface area (Å²) in [6.07, 6.45) is 1.32. The first kappa shape index (κ1) is 29.8. The second-order valence-electron chi connectivity index (χ2n) is 9.82. The van der Waals surface area contributed by atoms with Crippen LogP contribution in [0.1, 0.15) is 30.7 Å². The maximum atomic E-state index is 12.3. The number of hydrogen-bond acceptors (Lipinski definition) is 4. The number of nitrogens with one attached hydrogen (secondary N) is 4. The number of urea groups is 1. The summed E-state index contributed by atoms with van der Waals surface area (Å²) in [4.78, 5) is 48.5. The number of unbranched alkanes of at least 4 members (excludes halogenated alkanes) is 1. The second kappa shape index (κ2) is 15.0. The van der Waals surface area contributed by atoms with Crippen LogP contribution in [0.25, 0.3) is 21.9 Å². The van der Waals surface area contributed by atoms with Crippen molar-refractivity contribution < 1.29 is 24.3 Å². The highest BCUT2D eigenvalue weighted by atomic mass is 16.4. The Hall–Kier alpha value is -5.18. The van der Waals surface area contributed by atoms with Gasteiger partial charge in [0.1, 0.15) is 0 Å². The van der Waals surface area contributed by atoms with Crippen LogP contribution in [0.15, 0.2) is 97.1 Å². The minimum atomic E-state index is -1.05. The largest absolute Gasteiger partial charge is 0.481 e. The quantitative estimate of drug-likeness (QED) is 0.147. The molecule has 0 fully saturated rings. The first-order chi connectivity index (χ1) is 20.4. The van der Waals surface area contributed by atoms with Gasteiger partial charge in [-0.1, -0.05) is 91.0 Å². The molecule has 4 aromatic carbocycles. The van der Waals surface area contributed by atoms with Gasteiger partial charge in [0.05, 0.1) is 18.2 Å². The Morgan fingerprint density at radius 2 is 1.36 bits per heavy atom. The van der Waals surface area contributed by atoms with Gasteiger partial charge in [-0.3, -0.25) is 14.4 Å². The topological polar surface area (TPSA) is 137 Å². The van der Waals surface area contributed by atoms with E-state index in [1.807, 2.05) is 84.9 Å². The number of fused-ring (bicyclic) bond motifs is 1. The lowest BCUT2D eigenvalue weighted by molar-refractivity contribution is -0.138. The van der Waals surface area contributed by atoms with E-state index < -0.39 is 17.8 Å². The molecule has 0 aliphatic heterocycles. The molecule has 42 heavy (non-hydrogen) atoms. The molecule has 0 bridgehead atoms. The van der Waals surface area contributed by atoms with Crippen molar-refractivity contribution in [3.8, 4) is 11.1 Å². The molecule has 0 saturated carbocycles. The summed E-state index contributed by atoms with van der Waals surface area (Å²) >= 11 is 0. The van der Waals surface area contributed by atoms with Crippen LogP contribution < -0.4 is 21.3 Å². The summed E-state index contributed by atoms with van der Waals surface area (Å²) in [6, 6.07) is 30.1. The fraction of sp³-hybridized carbons (Fsp3) is 0.212. The third-order valence-electron chi connectivity index (χ3n) is 6.82. The maximum absolute atomic E-state index is 12.3. The van der Waals surface area contributed by atoms with E-state index >= 15 is 0 Å². The summed E-state index contributed by atoms with van der Waals surface area (Å²) < 4.78 is 0. The highest BCUT2D eigenvalue weighted by molar-refractivity contribution is 6.01. The Labute approximate surface area is 244 Å². The molecule has 0 aliphatic rings. The van der Waals surface area contributed by atoms with Crippen molar-refractivity contribution in [1.82, 2.24) is 16.0 Å². The van der Waals surface area contributed by atoms with Crippen molar-refractivity contribution in [2.75, 3.05) is 25.0 Å². The van der Waals surface area contributed by atoms with Crippen LogP contribution in [0.3, 0.4) is 0 Å². The Bertz CT molecular complexity index is 1520. The Morgan fingerprint density at radius 1 is 0.667 bits per heavy atom. The van der Waals surface area contributed by atoms with Crippen molar-refractivity contribution in [3.05, 3.63) is 103 Å². The number of benzene rings is 4. The first-order valence-corrected chi connectivity index (χ1v) is 13.8. The van der Waals surface area contributed by atoms with Crippen LogP contribution in [0.4, 0.5) is 10.5 Å². The van der Waals surface area contributed by atoms with E-state index in [1.165, 1.54) is 0 Å². The minimum absolute atomic E-state index is 0.0960. The average molecular weight is 567 g/mol. The third kappa shape index (κ3) is 8.66. The summed E-state index contributed by atoms with van der Waals surface area (Å²) in [7, 11) is 0. The molecule has 4 rings (SSSR count). The van der Waals surface area contributed by atoms with Gasteiger partial charge in [0.15, 0.2) is 0 Å². The van der Waals surface area contributed by atoms with Gasteiger partial charge in [-0.2, -0.15) is 0 Å². The summed E-state index contributed by atoms with van der Waals surface area (Å²) in [5.74, 6) is -2.73. The van der Waals surface area contributed by atoms with E-state index in [-0.39, 0.29) is 31.4 Å². The minimum Gasteiger partial charge on any atom is -0.481 e. The van der Waals surface area contributed by atoms with E-state index in [9.17, 15) is 24.3 Å². The monoisotopic (exact) mass is 566 g/mol. The molecule has 0 heterocycles. The fourth-order valence-corrected chi connectivity index (χ4v) is 4.55. The first-order valence-electron chi connectivity index (χ1n) is 13.8. The van der Waals surface area contributed by atoms with Gasteiger partial charge < -0.3 is 26.4 Å². The lowest BCUT2D eigenvalue weighted by Gasteiger charge is -2.15. The molecule has 9 nitrogen and oxygen atoms in total. The molecule has 4 amide bonds. The highest BCUT2D eigenvalue weighted by Gasteiger charge is 2.21. The van der Waals surface area contributed by atoms with E-state index in [0.29, 0.717) is 24.9 Å². The highest BCUT2D eigenvalue weighted by Crippen LogP contribution is 2.24. The number of amides is 4. The number of carbonyl (C=O) groups excluding carboxylic acids is 3. The summed E-state index contributed by atoms with van der Waals surface area (Å²) in [6.45, 7) is 0.0539. The van der Waals surface area contributed by atoms with Crippen molar-refractivity contribution in [2.45, 2.75) is 25.2 Å². The average Bonchev–Trinajstić information content (AvgIpc) is 3.01. The SMILES string of the molecule is O=C(CCCCNC(=O)Nc1cccc2ccccc12)NCC(=O)NCC(C(=O)O)c1ccc(-c2ccccc2)cc1. The predicted molar refractivity (Wildman–Crippen MR) is 163 cm³/mol. The number of rotatable bonds is 13. The molecule has 0 aromatic heterocycles. The normalized spacial score (nSPS) is 11.3. The van der Waals surface area contributed by atoms with Crippen LogP contribution in [0.5, 0.6) is 0 Å². The fourth-order valence-electron chi connectivity index (χ4n) is 4.55. The maximum Gasteiger partial charge on any atom is 0.319 e. The molecule has 9 heteroatoms. The zero-order chi connectivity index (χ0) is 29.7. The predicted octanol–water partition coefficient (Wildman–Crippen LogP) is 4.90. The van der Waals surface area contributed by atoms with Crippen LogP contribution in [-0.2, 0) is 14.4 Å². The van der Waals surface area contributed by atoms with Crippen molar-refractivity contribution in [3.63, 3.8) is 0 Å². The molecule has 1 unspecified atom stereocenters. The summed E-state index contributed by atoms with van der Waals surface area (Å²) in [5, 5.41) is 22.5.